The number of rotatable bonds is 4. The number of carbonyl (C=O) groups is 2. The van der Waals surface area contributed by atoms with Gasteiger partial charge in [0.15, 0.2) is 0 Å². The van der Waals surface area contributed by atoms with Crippen molar-refractivity contribution in [1.29, 1.82) is 0 Å². The van der Waals surface area contributed by atoms with Crippen molar-refractivity contribution in [3.8, 4) is 0 Å². The largest absolute Gasteiger partial charge is 0.335 e. The van der Waals surface area contributed by atoms with Crippen LogP contribution < -0.4 is 16.0 Å². The summed E-state index contributed by atoms with van der Waals surface area (Å²) < 4.78 is 0. The van der Waals surface area contributed by atoms with Gasteiger partial charge in [-0.1, -0.05) is 6.58 Å². The third-order valence-electron chi connectivity index (χ3n) is 3.65. The molecule has 2 rings (SSSR count). The molecule has 1 heterocycles. The minimum absolute atomic E-state index is 0.197. The fourth-order valence-corrected chi connectivity index (χ4v) is 2.34. The summed E-state index contributed by atoms with van der Waals surface area (Å²) in [5, 5.41) is 8.43. The summed E-state index contributed by atoms with van der Waals surface area (Å²) in [5.41, 5.74) is 1.34. The smallest absolute Gasteiger partial charge is 0.319 e. The summed E-state index contributed by atoms with van der Waals surface area (Å²) in [6.07, 6.45) is 3.15. The molecule has 1 aromatic carbocycles. The monoisotopic (exact) mass is 302 g/mol. The Morgan fingerprint density at radius 2 is 1.68 bits per heavy atom. The molecule has 0 atom stereocenters. The molecule has 0 aliphatic carbocycles. The van der Waals surface area contributed by atoms with Crippen LogP contribution in [0.4, 0.5) is 16.2 Å². The second kappa shape index (κ2) is 7.61. The van der Waals surface area contributed by atoms with E-state index in [4.69, 9.17) is 0 Å². The fourth-order valence-electron chi connectivity index (χ4n) is 2.34. The molecule has 0 radical (unpaired) electrons. The van der Waals surface area contributed by atoms with Crippen LogP contribution in [0.5, 0.6) is 0 Å². The van der Waals surface area contributed by atoms with Crippen LogP contribution in [0.25, 0.3) is 0 Å². The van der Waals surface area contributed by atoms with E-state index in [0.717, 1.165) is 25.9 Å². The Hall–Kier alpha value is -2.34. The second-order valence-corrected chi connectivity index (χ2v) is 5.45. The molecule has 1 saturated heterocycles. The van der Waals surface area contributed by atoms with Crippen LogP contribution in [0.15, 0.2) is 36.9 Å². The van der Waals surface area contributed by atoms with Crippen molar-refractivity contribution in [2.75, 3.05) is 30.8 Å². The van der Waals surface area contributed by atoms with Gasteiger partial charge in [0.2, 0.25) is 5.91 Å². The molecule has 0 unspecified atom stereocenters. The average molecular weight is 302 g/mol. The lowest BCUT2D eigenvalue weighted by Crippen LogP contribution is -2.44. The van der Waals surface area contributed by atoms with Crippen LogP contribution in [-0.4, -0.2) is 43.0 Å². The first kappa shape index (κ1) is 16.0. The maximum absolute atomic E-state index is 12.0. The summed E-state index contributed by atoms with van der Waals surface area (Å²) in [5.74, 6) is -0.263. The molecular weight excluding hydrogens is 280 g/mol. The second-order valence-electron chi connectivity index (χ2n) is 5.45. The lowest BCUT2D eigenvalue weighted by molar-refractivity contribution is -0.111. The van der Waals surface area contributed by atoms with Crippen LogP contribution in [0.2, 0.25) is 0 Å². The number of carbonyl (C=O) groups excluding carboxylic acids is 2. The molecule has 0 aromatic heterocycles. The van der Waals surface area contributed by atoms with E-state index in [-0.39, 0.29) is 18.0 Å². The Balaban J connectivity index is 1.81. The van der Waals surface area contributed by atoms with E-state index in [2.05, 4.69) is 34.5 Å². The van der Waals surface area contributed by atoms with Crippen molar-refractivity contribution >= 4 is 23.3 Å². The van der Waals surface area contributed by atoms with Gasteiger partial charge in [0.25, 0.3) is 0 Å². The van der Waals surface area contributed by atoms with Crippen molar-refractivity contribution < 1.29 is 9.59 Å². The van der Waals surface area contributed by atoms with E-state index in [1.807, 2.05) is 0 Å². The maximum Gasteiger partial charge on any atom is 0.319 e. The minimum Gasteiger partial charge on any atom is -0.335 e. The Morgan fingerprint density at radius 1 is 1.14 bits per heavy atom. The molecule has 3 N–H and O–H groups in total. The van der Waals surface area contributed by atoms with Crippen LogP contribution in [0.1, 0.15) is 12.8 Å². The van der Waals surface area contributed by atoms with E-state index in [1.54, 1.807) is 24.3 Å². The van der Waals surface area contributed by atoms with E-state index >= 15 is 0 Å². The van der Waals surface area contributed by atoms with Crippen LogP contribution in [0, 0.1) is 0 Å². The summed E-state index contributed by atoms with van der Waals surface area (Å²) in [6.45, 7) is 5.40. The molecule has 1 aliphatic rings. The molecule has 1 fully saturated rings. The molecule has 6 heteroatoms. The standard InChI is InChI=1S/C16H22N4O2/c1-3-15(21)17-12-4-6-13(7-5-12)18-16(22)19-14-8-10-20(2)11-9-14/h3-7,14H,1,8-11H2,2H3,(H,17,21)(H2,18,19,22). The van der Waals surface area contributed by atoms with Crippen LogP contribution in [0.3, 0.4) is 0 Å². The number of anilines is 2. The van der Waals surface area contributed by atoms with Gasteiger partial charge < -0.3 is 20.9 Å². The third kappa shape index (κ3) is 4.89. The van der Waals surface area contributed by atoms with Gasteiger partial charge in [-0.25, -0.2) is 4.79 Å². The first-order valence-corrected chi connectivity index (χ1v) is 7.36. The number of piperidine rings is 1. The number of hydrogen-bond acceptors (Lipinski definition) is 3. The molecular formula is C16H22N4O2. The van der Waals surface area contributed by atoms with E-state index < -0.39 is 0 Å². The Morgan fingerprint density at radius 3 is 2.23 bits per heavy atom. The van der Waals surface area contributed by atoms with Crippen molar-refractivity contribution in [2.45, 2.75) is 18.9 Å². The molecule has 1 aliphatic heterocycles. The predicted octanol–water partition coefficient (Wildman–Crippen LogP) is 2.03. The van der Waals surface area contributed by atoms with Crippen LogP contribution in [-0.2, 0) is 4.79 Å². The van der Waals surface area contributed by atoms with Crippen molar-refractivity contribution in [2.24, 2.45) is 0 Å². The SMILES string of the molecule is C=CC(=O)Nc1ccc(NC(=O)NC2CCN(C)CC2)cc1. The van der Waals surface area contributed by atoms with Crippen molar-refractivity contribution in [3.05, 3.63) is 36.9 Å². The zero-order valence-electron chi connectivity index (χ0n) is 12.8. The molecule has 22 heavy (non-hydrogen) atoms. The van der Waals surface area contributed by atoms with Gasteiger partial charge in [-0.3, -0.25) is 4.79 Å². The number of nitrogens with one attached hydrogen (secondary N) is 3. The first-order chi connectivity index (χ1) is 10.6. The van der Waals surface area contributed by atoms with Gasteiger partial charge in [-0.15, -0.1) is 0 Å². The number of benzene rings is 1. The van der Waals surface area contributed by atoms with Gasteiger partial charge in [-0.2, -0.15) is 0 Å². The average Bonchev–Trinajstić information content (AvgIpc) is 2.51. The van der Waals surface area contributed by atoms with Crippen molar-refractivity contribution in [3.63, 3.8) is 0 Å². The maximum atomic E-state index is 12.0. The highest BCUT2D eigenvalue weighted by molar-refractivity contribution is 5.99. The van der Waals surface area contributed by atoms with Gasteiger partial charge in [0.1, 0.15) is 0 Å². The van der Waals surface area contributed by atoms with E-state index in [0.29, 0.717) is 11.4 Å². The molecule has 6 nitrogen and oxygen atoms in total. The van der Waals surface area contributed by atoms with Gasteiger partial charge >= 0.3 is 6.03 Å². The molecule has 1 aromatic rings. The summed E-state index contributed by atoms with van der Waals surface area (Å²) in [4.78, 5) is 25.4. The van der Waals surface area contributed by atoms with Gasteiger partial charge in [0, 0.05) is 17.4 Å². The van der Waals surface area contributed by atoms with Gasteiger partial charge in [-0.05, 0) is 63.3 Å². The first-order valence-electron chi connectivity index (χ1n) is 7.36. The third-order valence-corrected chi connectivity index (χ3v) is 3.65. The predicted molar refractivity (Wildman–Crippen MR) is 87.9 cm³/mol. The number of amides is 3. The summed E-state index contributed by atoms with van der Waals surface area (Å²) in [6, 6.07) is 6.97. The lowest BCUT2D eigenvalue weighted by atomic mass is 10.1. The Kier molecular flexibility index (Phi) is 5.55. The minimum atomic E-state index is -0.263. The topological polar surface area (TPSA) is 73.5 Å². The highest BCUT2D eigenvalue weighted by Crippen LogP contribution is 2.14. The molecule has 0 bridgehead atoms. The fraction of sp³-hybridized carbons (Fsp3) is 0.375. The summed E-state index contributed by atoms with van der Waals surface area (Å²) >= 11 is 0. The van der Waals surface area contributed by atoms with Crippen molar-refractivity contribution in [1.82, 2.24) is 10.2 Å². The quantitative estimate of drug-likeness (QED) is 0.745. The zero-order valence-corrected chi connectivity index (χ0v) is 12.8. The number of likely N-dealkylation sites (tertiary alicyclic amines) is 1. The number of hydrogen-bond donors (Lipinski definition) is 3. The van der Waals surface area contributed by atoms with Crippen LogP contribution >= 0.6 is 0 Å². The molecule has 118 valence electrons. The highest BCUT2D eigenvalue weighted by atomic mass is 16.2. The zero-order chi connectivity index (χ0) is 15.9. The Labute approximate surface area is 130 Å². The van der Waals surface area contributed by atoms with E-state index in [1.165, 1.54) is 6.08 Å². The van der Waals surface area contributed by atoms with E-state index in [9.17, 15) is 9.59 Å². The highest BCUT2D eigenvalue weighted by Gasteiger charge is 2.18. The molecule has 0 saturated carbocycles. The lowest BCUT2D eigenvalue weighted by Gasteiger charge is -2.29. The number of nitrogens with zero attached hydrogens (tertiary/aromatic N) is 1. The molecule has 0 spiro atoms. The summed E-state index contributed by atoms with van der Waals surface area (Å²) in [7, 11) is 2.09. The number of urea groups is 1. The van der Waals surface area contributed by atoms with Gasteiger partial charge in [0.05, 0.1) is 0 Å². The Bertz CT molecular complexity index is 534. The normalized spacial score (nSPS) is 15.9. The molecule has 3 amide bonds.